The molecule has 1 heterocycles. The summed E-state index contributed by atoms with van der Waals surface area (Å²) in [7, 11) is 0. The molecule has 1 atom stereocenters. The van der Waals surface area contributed by atoms with Crippen LogP contribution in [0.3, 0.4) is 0 Å². The van der Waals surface area contributed by atoms with Gasteiger partial charge in [0.2, 0.25) is 0 Å². The van der Waals surface area contributed by atoms with Crippen molar-refractivity contribution in [3.8, 4) is 0 Å². The van der Waals surface area contributed by atoms with Gasteiger partial charge in [-0.3, -0.25) is 4.79 Å². The second kappa shape index (κ2) is 3.32. The first-order chi connectivity index (χ1) is 6.31. The highest BCUT2D eigenvalue weighted by atomic mass is 16.1. The van der Waals surface area contributed by atoms with Crippen molar-refractivity contribution in [3.05, 3.63) is 18.2 Å². The van der Waals surface area contributed by atoms with Crippen LogP contribution in [-0.4, -0.2) is 15.8 Å². The minimum atomic E-state index is 0.674. The van der Waals surface area contributed by atoms with Crippen LogP contribution in [0.4, 0.5) is 0 Å². The number of aromatic nitrogens is 2. The summed E-state index contributed by atoms with van der Waals surface area (Å²) in [5.41, 5.74) is 0.688. The van der Waals surface area contributed by atoms with Crippen LogP contribution in [0.1, 0.15) is 30.3 Å². The van der Waals surface area contributed by atoms with Gasteiger partial charge >= 0.3 is 0 Å². The fourth-order valence-corrected chi connectivity index (χ4v) is 1.71. The molecule has 0 spiro atoms. The predicted octanol–water partition coefficient (Wildman–Crippen LogP) is 1.74. The van der Waals surface area contributed by atoms with Crippen molar-refractivity contribution in [3.63, 3.8) is 0 Å². The zero-order valence-corrected chi connectivity index (χ0v) is 7.81. The summed E-state index contributed by atoms with van der Waals surface area (Å²) in [6, 6.07) is 0. The fraction of sp³-hybridized carbons (Fsp3) is 0.600. The lowest BCUT2D eigenvalue weighted by atomic mass is 10.1. The molecule has 0 aliphatic heterocycles. The van der Waals surface area contributed by atoms with E-state index in [9.17, 15) is 4.79 Å². The maximum Gasteiger partial charge on any atom is 0.168 e. The van der Waals surface area contributed by atoms with Gasteiger partial charge in [-0.25, -0.2) is 4.98 Å². The molecule has 2 rings (SSSR count). The second-order valence-electron chi connectivity index (χ2n) is 3.90. The van der Waals surface area contributed by atoms with Crippen LogP contribution in [0.5, 0.6) is 0 Å². The van der Waals surface area contributed by atoms with Gasteiger partial charge in [-0.2, -0.15) is 0 Å². The van der Waals surface area contributed by atoms with Crippen molar-refractivity contribution in [2.75, 3.05) is 0 Å². The number of imidazole rings is 1. The fourth-order valence-electron chi connectivity index (χ4n) is 1.71. The molecule has 1 aliphatic carbocycles. The van der Waals surface area contributed by atoms with Crippen LogP contribution >= 0.6 is 0 Å². The van der Waals surface area contributed by atoms with Crippen molar-refractivity contribution in [1.82, 2.24) is 9.55 Å². The van der Waals surface area contributed by atoms with Crippen molar-refractivity contribution in [2.24, 2.45) is 11.8 Å². The van der Waals surface area contributed by atoms with Gasteiger partial charge in [-0.1, -0.05) is 6.92 Å². The Labute approximate surface area is 77.8 Å². The van der Waals surface area contributed by atoms with Crippen molar-refractivity contribution in [1.29, 1.82) is 0 Å². The monoisotopic (exact) mass is 178 g/mol. The first kappa shape index (κ1) is 8.48. The summed E-state index contributed by atoms with van der Waals surface area (Å²) in [6.07, 6.45) is 6.93. The van der Waals surface area contributed by atoms with Gasteiger partial charge in [-0.15, -0.1) is 0 Å². The number of carbonyl (C=O) groups is 1. The molecule has 1 unspecified atom stereocenters. The Hall–Kier alpha value is -1.12. The van der Waals surface area contributed by atoms with Crippen LogP contribution in [-0.2, 0) is 6.54 Å². The molecule has 1 saturated carbocycles. The third kappa shape index (κ3) is 1.79. The lowest BCUT2D eigenvalue weighted by Gasteiger charge is -2.11. The molecule has 1 aliphatic rings. The number of rotatable bonds is 4. The number of hydrogen-bond donors (Lipinski definition) is 0. The first-order valence-electron chi connectivity index (χ1n) is 4.76. The Balaban J connectivity index is 2.03. The van der Waals surface area contributed by atoms with Gasteiger partial charge in [0.1, 0.15) is 5.69 Å². The van der Waals surface area contributed by atoms with E-state index in [0.717, 1.165) is 18.7 Å². The number of aldehydes is 1. The van der Waals surface area contributed by atoms with Crippen molar-refractivity contribution < 1.29 is 4.79 Å². The third-order valence-corrected chi connectivity index (χ3v) is 2.78. The molecule has 0 saturated heterocycles. The first-order valence-corrected chi connectivity index (χ1v) is 4.76. The zero-order chi connectivity index (χ0) is 9.26. The molecular weight excluding hydrogens is 164 g/mol. The summed E-state index contributed by atoms with van der Waals surface area (Å²) < 4.78 is 1.94. The Morgan fingerprint density at radius 2 is 2.54 bits per heavy atom. The minimum absolute atomic E-state index is 0.674. The molecule has 1 aromatic heterocycles. The molecule has 3 nitrogen and oxygen atoms in total. The largest absolute Gasteiger partial charge is 0.328 e. The molecule has 0 N–H and O–H groups in total. The number of carbonyl (C=O) groups excluding carboxylic acids is 1. The number of nitrogens with zero attached hydrogens (tertiary/aromatic N) is 2. The Morgan fingerprint density at radius 3 is 3.15 bits per heavy atom. The maximum atomic E-state index is 10.6. The summed E-state index contributed by atoms with van der Waals surface area (Å²) in [4.78, 5) is 14.6. The minimum Gasteiger partial charge on any atom is -0.328 e. The summed E-state index contributed by atoms with van der Waals surface area (Å²) in [5, 5.41) is 0. The van der Waals surface area contributed by atoms with Gasteiger partial charge in [0.25, 0.3) is 0 Å². The molecule has 0 bridgehead atoms. The SMILES string of the molecule is CC(Cn1cncc1C=O)C1CC1. The topological polar surface area (TPSA) is 34.9 Å². The molecule has 1 fully saturated rings. The van der Waals surface area contributed by atoms with Crippen LogP contribution in [0.25, 0.3) is 0 Å². The van der Waals surface area contributed by atoms with Gasteiger partial charge in [-0.05, 0) is 24.7 Å². The highest BCUT2D eigenvalue weighted by molar-refractivity contribution is 5.71. The predicted molar refractivity (Wildman–Crippen MR) is 49.5 cm³/mol. The third-order valence-electron chi connectivity index (χ3n) is 2.78. The smallest absolute Gasteiger partial charge is 0.168 e. The lowest BCUT2D eigenvalue weighted by molar-refractivity contribution is 0.111. The molecule has 0 radical (unpaired) electrons. The maximum absolute atomic E-state index is 10.6. The Kier molecular flexibility index (Phi) is 2.17. The standard InChI is InChI=1S/C10H14N2O/c1-8(9-2-3-9)5-12-7-11-4-10(12)6-13/h4,6-9H,2-3,5H2,1H3. The molecule has 70 valence electrons. The molecule has 1 aromatic rings. The highest BCUT2D eigenvalue weighted by Gasteiger charge is 2.28. The summed E-state index contributed by atoms with van der Waals surface area (Å²) >= 11 is 0. The molecule has 0 amide bonds. The lowest BCUT2D eigenvalue weighted by Crippen LogP contribution is -2.10. The van der Waals surface area contributed by atoms with Gasteiger partial charge in [0, 0.05) is 6.54 Å². The van der Waals surface area contributed by atoms with Crippen LogP contribution < -0.4 is 0 Å². The van der Waals surface area contributed by atoms with E-state index < -0.39 is 0 Å². The quantitative estimate of drug-likeness (QED) is 0.658. The van der Waals surface area contributed by atoms with E-state index in [0.29, 0.717) is 11.6 Å². The Morgan fingerprint density at radius 1 is 1.77 bits per heavy atom. The summed E-state index contributed by atoms with van der Waals surface area (Å²) in [6.45, 7) is 3.17. The average Bonchev–Trinajstić information content (AvgIpc) is 2.88. The molecule has 3 heteroatoms. The van der Waals surface area contributed by atoms with E-state index in [-0.39, 0.29) is 0 Å². The normalized spacial score (nSPS) is 18.5. The van der Waals surface area contributed by atoms with Gasteiger partial charge in [0.05, 0.1) is 12.5 Å². The van der Waals surface area contributed by atoms with E-state index in [4.69, 9.17) is 0 Å². The Bertz CT molecular complexity index is 302. The molecular formula is C10H14N2O. The van der Waals surface area contributed by atoms with E-state index in [1.54, 1.807) is 12.5 Å². The highest BCUT2D eigenvalue weighted by Crippen LogP contribution is 2.37. The van der Waals surface area contributed by atoms with E-state index in [1.807, 2.05) is 4.57 Å². The van der Waals surface area contributed by atoms with E-state index >= 15 is 0 Å². The van der Waals surface area contributed by atoms with E-state index in [2.05, 4.69) is 11.9 Å². The van der Waals surface area contributed by atoms with Crippen molar-refractivity contribution >= 4 is 6.29 Å². The van der Waals surface area contributed by atoms with E-state index in [1.165, 1.54) is 12.8 Å². The van der Waals surface area contributed by atoms with Gasteiger partial charge in [0.15, 0.2) is 6.29 Å². The second-order valence-corrected chi connectivity index (χ2v) is 3.90. The van der Waals surface area contributed by atoms with Gasteiger partial charge < -0.3 is 4.57 Å². The van der Waals surface area contributed by atoms with Crippen molar-refractivity contribution in [2.45, 2.75) is 26.3 Å². The van der Waals surface area contributed by atoms with Crippen LogP contribution in [0, 0.1) is 11.8 Å². The van der Waals surface area contributed by atoms with Crippen LogP contribution in [0.15, 0.2) is 12.5 Å². The van der Waals surface area contributed by atoms with Crippen LogP contribution in [0.2, 0.25) is 0 Å². The molecule has 0 aromatic carbocycles. The average molecular weight is 178 g/mol. The molecule has 13 heavy (non-hydrogen) atoms. The zero-order valence-electron chi connectivity index (χ0n) is 7.81. The summed E-state index contributed by atoms with van der Waals surface area (Å²) in [5.74, 6) is 1.55. The number of hydrogen-bond acceptors (Lipinski definition) is 2.